The molecule has 29 heavy (non-hydrogen) atoms. The van der Waals surface area contributed by atoms with Crippen molar-refractivity contribution in [3.8, 4) is 5.75 Å². The van der Waals surface area contributed by atoms with Crippen molar-refractivity contribution in [2.24, 2.45) is 5.73 Å². The van der Waals surface area contributed by atoms with E-state index in [1.807, 2.05) is 6.92 Å². The quantitative estimate of drug-likeness (QED) is 0.383. The second-order valence-corrected chi connectivity index (χ2v) is 11.0. The SMILES string of the molecule is CCCP(C)(=O)OC(N)c1cc(C)c(Cc2ccc(OC)c(C(C)C)c2)c(C)c1. The molecule has 0 aromatic heterocycles. The van der Waals surface area contributed by atoms with Gasteiger partial charge in [0.2, 0.25) is 7.37 Å². The summed E-state index contributed by atoms with van der Waals surface area (Å²) in [6.07, 6.45) is 1.54. The molecule has 0 saturated heterocycles. The first-order valence-corrected chi connectivity index (χ1v) is 12.6. The summed E-state index contributed by atoms with van der Waals surface area (Å²) < 4.78 is 23.7. The Kier molecular flexibility index (Phi) is 8.10. The Bertz CT molecular complexity index is 869. The normalized spacial score (nSPS) is 14.7. The summed E-state index contributed by atoms with van der Waals surface area (Å²) in [7, 11) is -0.954. The highest BCUT2D eigenvalue weighted by Gasteiger charge is 2.21. The molecule has 2 N–H and O–H groups in total. The van der Waals surface area contributed by atoms with Crippen LogP contribution >= 0.6 is 7.37 Å². The summed E-state index contributed by atoms with van der Waals surface area (Å²) in [5.41, 5.74) is 13.2. The molecule has 2 unspecified atom stereocenters. The van der Waals surface area contributed by atoms with Crippen molar-refractivity contribution >= 4 is 7.37 Å². The van der Waals surface area contributed by atoms with E-state index in [2.05, 4.69) is 58.0 Å². The van der Waals surface area contributed by atoms with Gasteiger partial charge in [0.1, 0.15) is 12.0 Å². The van der Waals surface area contributed by atoms with E-state index in [0.717, 1.165) is 24.2 Å². The van der Waals surface area contributed by atoms with E-state index in [0.29, 0.717) is 12.1 Å². The zero-order chi connectivity index (χ0) is 21.8. The van der Waals surface area contributed by atoms with Crippen LogP contribution in [0.3, 0.4) is 0 Å². The molecule has 160 valence electrons. The van der Waals surface area contributed by atoms with Crippen LogP contribution in [0.2, 0.25) is 0 Å². The fourth-order valence-corrected chi connectivity index (χ4v) is 5.30. The summed E-state index contributed by atoms with van der Waals surface area (Å²) in [6.45, 7) is 12.2. The minimum Gasteiger partial charge on any atom is -0.496 e. The lowest BCUT2D eigenvalue weighted by Gasteiger charge is -2.21. The zero-order valence-corrected chi connectivity index (χ0v) is 19.8. The van der Waals surface area contributed by atoms with Crippen LogP contribution in [0, 0.1) is 13.8 Å². The molecule has 5 heteroatoms. The summed E-state index contributed by atoms with van der Waals surface area (Å²) in [5, 5.41) is 0. The van der Waals surface area contributed by atoms with Crippen molar-refractivity contribution in [2.45, 2.75) is 59.6 Å². The Hall–Kier alpha value is -1.61. The van der Waals surface area contributed by atoms with Crippen LogP contribution in [-0.4, -0.2) is 19.9 Å². The lowest BCUT2D eigenvalue weighted by Crippen LogP contribution is -2.15. The van der Waals surface area contributed by atoms with E-state index in [9.17, 15) is 4.57 Å². The van der Waals surface area contributed by atoms with Gasteiger partial charge >= 0.3 is 0 Å². The van der Waals surface area contributed by atoms with Crippen LogP contribution in [0.5, 0.6) is 5.75 Å². The topological polar surface area (TPSA) is 61.5 Å². The third kappa shape index (κ3) is 6.18. The van der Waals surface area contributed by atoms with Crippen molar-refractivity contribution < 1.29 is 13.8 Å². The first-order chi connectivity index (χ1) is 13.6. The molecule has 0 bridgehead atoms. The molecular weight excluding hydrogens is 381 g/mol. The Balaban J connectivity index is 2.28. The Morgan fingerprint density at radius 3 is 2.24 bits per heavy atom. The predicted octanol–water partition coefficient (Wildman–Crippen LogP) is 6.32. The van der Waals surface area contributed by atoms with Crippen molar-refractivity contribution in [3.05, 3.63) is 63.7 Å². The molecule has 0 fully saturated rings. The molecule has 2 aromatic rings. The molecule has 2 rings (SSSR count). The number of benzene rings is 2. The van der Waals surface area contributed by atoms with Gasteiger partial charge in [-0.25, -0.2) is 0 Å². The van der Waals surface area contributed by atoms with E-state index in [-0.39, 0.29) is 0 Å². The van der Waals surface area contributed by atoms with Gasteiger partial charge in [-0.1, -0.05) is 45.0 Å². The van der Waals surface area contributed by atoms with Gasteiger partial charge in [0, 0.05) is 12.8 Å². The van der Waals surface area contributed by atoms with Crippen molar-refractivity contribution in [1.29, 1.82) is 0 Å². The molecular formula is C24H36NO3P. The van der Waals surface area contributed by atoms with Crippen LogP contribution in [0.25, 0.3) is 0 Å². The molecule has 0 aliphatic heterocycles. The molecule has 0 aliphatic rings. The Morgan fingerprint density at radius 2 is 1.72 bits per heavy atom. The first-order valence-electron chi connectivity index (χ1n) is 10.3. The van der Waals surface area contributed by atoms with Gasteiger partial charge in [-0.2, -0.15) is 0 Å². The highest BCUT2D eigenvalue weighted by atomic mass is 31.2. The molecule has 0 amide bonds. The zero-order valence-electron chi connectivity index (χ0n) is 18.9. The van der Waals surface area contributed by atoms with Crippen LogP contribution in [0.1, 0.15) is 72.7 Å². The lowest BCUT2D eigenvalue weighted by molar-refractivity contribution is 0.218. The third-order valence-corrected chi connectivity index (χ3v) is 7.24. The highest BCUT2D eigenvalue weighted by molar-refractivity contribution is 7.58. The minimum absolute atomic E-state index is 0.400. The van der Waals surface area contributed by atoms with Crippen LogP contribution in [-0.2, 0) is 15.5 Å². The van der Waals surface area contributed by atoms with Crippen molar-refractivity contribution in [1.82, 2.24) is 0 Å². The molecule has 0 radical (unpaired) electrons. The first kappa shape index (κ1) is 23.7. The fraction of sp³-hybridized carbons (Fsp3) is 0.500. The van der Waals surface area contributed by atoms with Crippen LogP contribution in [0.15, 0.2) is 30.3 Å². The van der Waals surface area contributed by atoms with Crippen molar-refractivity contribution in [3.63, 3.8) is 0 Å². The molecule has 2 atom stereocenters. The summed E-state index contributed by atoms with van der Waals surface area (Å²) >= 11 is 0. The average Bonchev–Trinajstić information content (AvgIpc) is 2.63. The highest BCUT2D eigenvalue weighted by Crippen LogP contribution is 2.46. The van der Waals surface area contributed by atoms with Gasteiger partial charge < -0.3 is 15.0 Å². The number of ether oxygens (including phenoxy) is 1. The number of aryl methyl sites for hydroxylation is 2. The maximum atomic E-state index is 12.5. The monoisotopic (exact) mass is 417 g/mol. The summed E-state index contributed by atoms with van der Waals surface area (Å²) in [4.78, 5) is 0. The fourth-order valence-electron chi connectivity index (χ4n) is 3.78. The largest absolute Gasteiger partial charge is 0.496 e. The van der Waals surface area contributed by atoms with E-state index in [4.69, 9.17) is 15.0 Å². The molecule has 0 aliphatic carbocycles. The number of rotatable bonds is 9. The molecule has 2 aromatic carbocycles. The van der Waals surface area contributed by atoms with E-state index >= 15 is 0 Å². The number of methoxy groups -OCH3 is 1. The van der Waals surface area contributed by atoms with Gasteiger partial charge in [0.15, 0.2) is 0 Å². The van der Waals surface area contributed by atoms with Crippen LogP contribution < -0.4 is 10.5 Å². The van der Waals surface area contributed by atoms with Crippen LogP contribution in [0.4, 0.5) is 0 Å². The molecule has 4 nitrogen and oxygen atoms in total. The second-order valence-electron chi connectivity index (χ2n) is 8.30. The van der Waals surface area contributed by atoms with Gasteiger partial charge in [-0.15, -0.1) is 0 Å². The average molecular weight is 418 g/mol. The standard InChI is InChI=1S/C24H36NO3P/c1-8-11-29(7,26)28-24(25)20-12-17(4)22(18(5)13-20)15-19-9-10-23(27-6)21(14-19)16(2)3/h9-10,12-14,16,24H,8,11,15,25H2,1-7H3. The van der Waals surface area contributed by atoms with Crippen molar-refractivity contribution in [2.75, 3.05) is 19.9 Å². The Labute approximate surface area is 176 Å². The molecule has 0 saturated carbocycles. The molecule has 0 spiro atoms. The number of nitrogens with two attached hydrogens (primary N) is 1. The maximum absolute atomic E-state index is 12.5. The summed E-state index contributed by atoms with van der Waals surface area (Å²) in [6, 6.07) is 10.5. The van der Waals surface area contributed by atoms with Gasteiger partial charge in [-0.3, -0.25) is 4.57 Å². The van der Waals surface area contributed by atoms with E-state index < -0.39 is 13.6 Å². The van der Waals surface area contributed by atoms with Gasteiger partial charge in [0.25, 0.3) is 0 Å². The second kappa shape index (κ2) is 9.93. The molecule has 0 heterocycles. The number of hydrogen-bond donors (Lipinski definition) is 1. The third-order valence-electron chi connectivity index (χ3n) is 5.31. The number of hydrogen-bond acceptors (Lipinski definition) is 4. The van der Waals surface area contributed by atoms with E-state index in [1.54, 1.807) is 13.8 Å². The lowest BCUT2D eigenvalue weighted by atomic mass is 9.91. The smallest absolute Gasteiger partial charge is 0.201 e. The van der Waals surface area contributed by atoms with E-state index in [1.165, 1.54) is 27.8 Å². The van der Waals surface area contributed by atoms with Gasteiger partial charge in [-0.05, 0) is 72.1 Å². The minimum atomic E-state index is -2.67. The Morgan fingerprint density at radius 1 is 1.10 bits per heavy atom. The maximum Gasteiger partial charge on any atom is 0.201 e. The van der Waals surface area contributed by atoms with Gasteiger partial charge in [0.05, 0.1) is 7.11 Å². The predicted molar refractivity (Wildman–Crippen MR) is 123 cm³/mol. The summed E-state index contributed by atoms with van der Waals surface area (Å²) in [5.74, 6) is 1.34.